The third-order valence-corrected chi connectivity index (χ3v) is 3.49. The smallest absolute Gasteiger partial charge is 0.137 e. The van der Waals surface area contributed by atoms with Gasteiger partial charge in [-0.05, 0) is 58.9 Å². The average Bonchev–Trinajstić information content (AvgIpc) is 2.22. The maximum absolute atomic E-state index is 13.2. The molecule has 17 heavy (non-hydrogen) atoms. The molecule has 3 heteroatoms. The van der Waals surface area contributed by atoms with Crippen molar-refractivity contribution in [3.05, 3.63) is 34.1 Å². The Labute approximate surface area is 112 Å². The first-order valence-electron chi connectivity index (χ1n) is 5.96. The van der Waals surface area contributed by atoms with Gasteiger partial charge in [0, 0.05) is 6.04 Å². The molecule has 96 valence electrons. The normalized spacial score (nSPS) is 13.8. The SMILES string of the molecule is CNC(CCC(C)(C)C)c1ccc(F)c(Br)c1. The maximum Gasteiger partial charge on any atom is 0.137 e. The highest BCUT2D eigenvalue weighted by molar-refractivity contribution is 9.10. The molecule has 1 unspecified atom stereocenters. The summed E-state index contributed by atoms with van der Waals surface area (Å²) in [5.41, 5.74) is 1.46. The van der Waals surface area contributed by atoms with Crippen LogP contribution in [0.1, 0.15) is 45.2 Å². The van der Waals surface area contributed by atoms with Gasteiger partial charge in [0.05, 0.1) is 4.47 Å². The van der Waals surface area contributed by atoms with Crippen LogP contribution in [0.3, 0.4) is 0 Å². The van der Waals surface area contributed by atoms with Crippen LogP contribution in [0.2, 0.25) is 0 Å². The van der Waals surface area contributed by atoms with Crippen molar-refractivity contribution >= 4 is 15.9 Å². The first-order valence-corrected chi connectivity index (χ1v) is 6.75. The van der Waals surface area contributed by atoms with E-state index in [4.69, 9.17) is 0 Å². The highest BCUT2D eigenvalue weighted by atomic mass is 79.9. The van der Waals surface area contributed by atoms with Crippen molar-refractivity contribution in [1.29, 1.82) is 0 Å². The number of halogens is 2. The molecule has 0 fully saturated rings. The Morgan fingerprint density at radius 3 is 2.47 bits per heavy atom. The summed E-state index contributed by atoms with van der Waals surface area (Å²) in [6.07, 6.45) is 2.19. The van der Waals surface area contributed by atoms with Crippen LogP contribution in [0.15, 0.2) is 22.7 Å². The number of nitrogens with one attached hydrogen (secondary N) is 1. The summed E-state index contributed by atoms with van der Waals surface area (Å²) >= 11 is 3.23. The second-order valence-corrected chi connectivity index (χ2v) is 6.47. The highest BCUT2D eigenvalue weighted by Gasteiger charge is 2.16. The molecular formula is C14H21BrFN. The van der Waals surface area contributed by atoms with Gasteiger partial charge in [-0.1, -0.05) is 26.8 Å². The Morgan fingerprint density at radius 1 is 1.35 bits per heavy atom. The van der Waals surface area contributed by atoms with Crippen molar-refractivity contribution in [3.8, 4) is 0 Å². The lowest BCUT2D eigenvalue weighted by Crippen LogP contribution is -2.19. The lowest BCUT2D eigenvalue weighted by Gasteiger charge is -2.23. The minimum Gasteiger partial charge on any atom is -0.313 e. The molecule has 0 amide bonds. The summed E-state index contributed by atoms with van der Waals surface area (Å²) in [5.74, 6) is -0.209. The van der Waals surface area contributed by atoms with E-state index in [1.165, 1.54) is 6.07 Å². The van der Waals surface area contributed by atoms with Crippen molar-refractivity contribution in [2.45, 2.75) is 39.7 Å². The van der Waals surface area contributed by atoms with Crippen LogP contribution in [0.5, 0.6) is 0 Å². The zero-order valence-electron chi connectivity index (χ0n) is 11.0. The Bertz CT molecular complexity index is 371. The van der Waals surface area contributed by atoms with E-state index in [0.29, 0.717) is 9.89 Å². The fourth-order valence-electron chi connectivity index (χ4n) is 1.78. The van der Waals surface area contributed by atoms with E-state index >= 15 is 0 Å². The molecule has 1 N–H and O–H groups in total. The van der Waals surface area contributed by atoms with Gasteiger partial charge in [-0.2, -0.15) is 0 Å². The Balaban J connectivity index is 2.76. The average molecular weight is 302 g/mol. The molecule has 0 saturated carbocycles. The minimum absolute atomic E-state index is 0.209. The predicted molar refractivity (Wildman–Crippen MR) is 74.6 cm³/mol. The lowest BCUT2D eigenvalue weighted by atomic mass is 9.87. The molecule has 1 atom stereocenters. The standard InChI is InChI=1S/C14H21BrFN/c1-14(2,3)8-7-13(17-4)10-5-6-12(16)11(15)9-10/h5-6,9,13,17H,7-8H2,1-4H3. The van der Waals surface area contributed by atoms with Crippen molar-refractivity contribution in [3.63, 3.8) is 0 Å². The van der Waals surface area contributed by atoms with Gasteiger partial charge in [-0.15, -0.1) is 0 Å². The van der Waals surface area contributed by atoms with E-state index in [1.807, 2.05) is 19.2 Å². The monoisotopic (exact) mass is 301 g/mol. The molecule has 0 aliphatic rings. The fourth-order valence-corrected chi connectivity index (χ4v) is 2.18. The van der Waals surface area contributed by atoms with Crippen LogP contribution < -0.4 is 5.32 Å². The van der Waals surface area contributed by atoms with Gasteiger partial charge >= 0.3 is 0 Å². The van der Waals surface area contributed by atoms with Crippen LogP contribution in [0.4, 0.5) is 4.39 Å². The van der Waals surface area contributed by atoms with Gasteiger partial charge in [-0.25, -0.2) is 4.39 Å². The molecule has 0 radical (unpaired) electrons. The first kappa shape index (κ1) is 14.7. The molecule has 0 heterocycles. The molecule has 1 aromatic carbocycles. The van der Waals surface area contributed by atoms with E-state index < -0.39 is 0 Å². The van der Waals surface area contributed by atoms with Crippen molar-refractivity contribution < 1.29 is 4.39 Å². The zero-order chi connectivity index (χ0) is 13.1. The molecule has 1 nitrogen and oxygen atoms in total. The van der Waals surface area contributed by atoms with Crippen LogP contribution in [0.25, 0.3) is 0 Å². The van der Waals surface area contributed by atoms with Gasteiger partial charge in [-0.3, -0.25) is 0 Å². The Kier molecular flexibility index (Phi) is 5.14. The molecule has 0 spiro atoms. The number of hydrogen-bond donors (Lipinski definition) is 1. The van der Waals surface area contributed by atoms with Crippen LogP contribution in [0, 0.1) is 11.2 Å². The van der Waals surface area contributed by atoms with Crippen LogP contribution in [-0.4, -0.2) is 7.05 Å². The second kappa shape index (κ2) is 5.96. The molecular weight excluding hydrogens is 281 g/mol. The van der Waals surface area contributed by atoms with E-state index in [1.54, 1.807) is 0 Å². The van der Waals surface area contributed by atoms with Gasteiger partial charge < -0.3 is 5.32 Å². The maximum atomic E-state index is 13.2. The van der Waals surface area contributed by atoms with E-state index in [0.717, 1.165) is 18.4 Å². The fraction of sp³-hybridized carbons (Fsp3) is 0.571. The van der Waals surface area contributed by atoms with E-state index in [-0.39, 0.29) is 11.9 Å². The first-order chi connectivity index (χ1) is 7.83. The van der Waals surface area contributed by atoms with Gasteiger partial charge in [0.1, 0.15) is 5.82 Å². The largest absolute Gasteiger partial charge is 0.313 e. The molecule has 0 aliphatic carbocycles. The third kappa shape index (κ3) is 4.76. The zero-order valence-corrected chi connectivity index (χ0v) is 12.6. The van der Waals surface area contributed by atoms with E-state index in [9.17, 15) is 4.39 Å². The van der Waals surface area contributed by atoms with Crippen molar-refractivity contribution in [1.82, 2.24) is 5.32 Å². The lowest BCUT2D eigenvalue weighted by molar-refractivity contribution is 0.338. The summed E-state index contributed by atoms with van der Waals surface area (Å²) in [5, 5.41) is 3.29. The predicted octanol–water partition coefficient (Wildman–Crippen LogP) is 4.68. The summed E-state index contributed by atoms with van der Waals surface area (Å²) in [7, 11) is 1.95. The van der Waals surface area contributed by atoms with E-state index in [2.05, 4.69) is 42.0 Å². The molecule has 0 aromatic heterocycles. The quantitative estimate of drug-likeness (QED) is 0.852. The summed E-state index contributed by atoms with van der Waals surface area (Å²) < 4.78 is 13.7. The highest BCUT2D eigenvalue weighted by Crippen LogP contribution is 2.29. The van der Waals surface area contributed by atoms with Gasteiger partial charge in [0.2, 0.25) is 0 Å². The van der Waals surface area contributed by atoms with Crippen LogP contribution in [-0.2, 0) is 0 Å². The molecule has 0 bridgehead atoms. The molecule has 1 aromatic rings. The summed E-state index contributed by atoms with van der Waals surface area (Å²) in [6.45, 7) is 6.71. The Morgan fingerprint density at radius 2 is 2.00 bits per heavy atom. The minimum atomic E-state index is -0.209. The van der Waals surface area contributed by atoms with Gasteiger partial charge in [0.15, 0.2) is 0 Å². The Hall–Kier alpha value is -0.410. The molecule has 1 rings (SSSR count). The van der Waals surface area contributed by atoms with Crippen molar-refractivity contribution in [2.75, 3.05) is 7.05 Å². The summed E-state index contributed by atoms with van der Waals surface area (Å²) in [6, 6.07) is 5.51. The van der Waals surface area contributed by atoms with Crippen molar-refractivity contribution in [2.24, 2.45) is 5.41 Å². The summed E-state index contributed by atoms with van der Waals surface area (Å²) in [4.78, 5) is 0. The topological polar surface area (TPSA) is 12.0 Å². The number of benzene rings is 1. The molecule has 0 aliphatic heterocycles. The number of rotatable bonds is 4. The number of hydrogen-bond acceptors (Lipinski definition) is 1. The molecule has 0 saturated heterocycles. The van der Waals surface area contributed by atoms with Crippen LogP contribution >= 0.6 is 15.9 Å². The third-order valence-electron chi connectivity index (χ3n) is 2.88. The van der Waals surface area contributed by atoms with Gasteiger partial charge in [0.25, 0.3) is 0 Å². The second-order valence-electron chi connectivity index (χ2n) is 5.61.